The molecule has 6 nitrogen and oxygen atoms in total. The van der Waals surface area contributed by atoms with Gasteiger partial charge in [0, 0.05) is 24.8 Å². The maximum Gasteiger partial charge on any atom is 0.294 e. The number of nitro benzene ring substituents is 1. The first kappa shape index (κ1) is 12.3. The lowest BCUT2D eigenvalue weighted by Gasteiger charge is -2.09. The predicted molar refractivity (Wildman–Crippen MR) is 64.7 cm³/mol. The molecule has 0 fully saturated rings. The first-order valence-corrected chi connectivity index (χ1v) is 4.99. The number of benzene rings is 1. The van der Waals surface area contributed by atoms with E-state index in [2.05, 4.69) is 10.6 Å². The molecule has 0 aliphatic heterocycles. The summed E-state index contributed by atoms with van der Waals surface area (Å²) in [6.45, 7) is 3.18. The summed E-state index contributed by atoms with van der Waals surface area (Å²) >= 11 is 0. The monoisotopic (exact) mass is 224 g/mol. The number of rotatable bonds is 5. The van der Waals surface area contributed by atoms with Gasteiger partial charge < -0.3 is 16.4 Å². The molecule has 1 aromatic carbocycles. The minimum Gasteiger partial charge on any atom is -0.398 e. The third-order valence-electron chi connectivity index (χ3n) is 2.27. The highest BCUT2D eigenvalue weighted by Crippen LogP contribution is 2.29. The molecule has 88 valence electrons. The molecule has 16 heavy (non-hydrogen) atoms. The Labute approximate surface area is 94.0 Å². The zero-order valence-electron chi connectivity index (χ0n) is 9.41. The molecule has 1 aromatic rings. The summed E-state index contributed by atoms with van der Waals surface area (Å²) in [4.78, 5) is 10.4. The molecule has 0 unspecified atom stereocenters. The molecule has 4 N–H and O–H groups in total. The SMILES string of the molecule is CNCCNc1cc(C)c(N)cc1[N+](=O)[O-]. The van der Waals surface area contributed by atoms with Crippen molar-refractivity contribution in [2.45, 2.75) is 6.92 Å². The summed E-state index contributed by atoms with van der Waals surface area (Å²) in [6, 6.07) is 3.08. The van der Waals surface area contributed by atoms with Crippen molar-refractivity contribution in [2.75, 3.05) is 31.2 Å². The molecule has 0 bridgehead atoms. The Morgan fingerprint density at radius 2 is 2.12 bits per heavy atom. The fraction of sp³-hybridized carbons (Fsp3) is 0.400. The van der Waals surface area contributed by atoms with Gasteiger partial charge in [0.15, 0.2) is 0 Å². The lowest BCUT2D eigenvalue weighted by Crippen LogP contribution is -2.18. The van der Waals surface area contributed by atoms with Gasteiger partial charge in [0.1, 0.15) is 5.69 Å². The van der Waals surface area contributed by atoms with Crippen molar-refractivity contribution in [3.63, 3.8) is 0 Å². The second-order valence-electron chi connectivity index (χ2n) is 3.51. The lowest BCUT2D eigenvalue weighted by atomic mass is 10.1. The number of hydrogen-bond donors (Lipinski definition) is 3. The molecule has 0 spiro atoms. The van der Waals surface area contributed by atoms with Crippen LogP contribution < -0.4 is 16.4 Å². The van der Waals surface area contributed by atoms with Crippen LogP contribution >= 0.6 is 0 Å². The topological polar surface area (TPSA) is 93.2 Å². The van der Waals surface area contributed by atoms with E-state index >= 15 is 0 Å². The van der Waals surface area contributed by atoms with Crippen LogP contribution in [0.3, 0.4) is 0 Å². The van der Waals surface area contributed by atoms with Crippen LogP contribution in [0.25, 0.3) is 0 Å². The summed E-state index contributed by atoms with van der Waals surface area (Å²) in [5.74, 6) is 0. The Kier molecular flexibility index (Phi) is 4.07. The molecule has 0 radical (unpaired) electrons. The number of nitrogen functional groups attached to an aromatic ring is 1. The van der Waals surface area contributed by atoms with Gasteiger partial charge in [0.05, 0.1) is 4.92 Å². The number of nitrogens with zero attached hydrogens (tertiary/aromatic N) is 1. The van der Waals surface area contributed by atoms with E-state index < -0.39 is 4.92 Å². The van der Waals surface area contributed by atoms with Crippen molar-refractivity contribution in [1.29, 1.82) is 0 Å². The van der Waals surface area contributed by atoms with Gasteiger partial charge in [-0.1, -0.05) is 0 Å². The number of likely N-dealkylation sites (N-methyl/N-ethyl adjacent to an activating group) is 1. The zero-order chi connectivity index (χ0) is 12.1. The van der Waals surface area contributed by atoms with Crippen molar-refractivity contribution in [1.82, 2.24) is 5.32 Å². The van der Waals surface area contributed by atoms with E-state index in [0.717, 1.165) is 12.1 Å². The summed E-state index contributed by atoms with van der Waals surface area (Å²) in [5, 5.41) is 16.8. The molecule has 0 saturated carbocycles. The maximum absolute atomic E-state index is 10.8. The summed E-state index contributed by atoms with van der Waals surface area (Å²) in [5.41, 5.74) is 7.42. The molecule has 0 aliphatic carbocycles. The number of anilines is 2. The standard InChI is InChI=1S/C10H16N4O2/c1-7-5-9(13-4-3-12-2)10(14(15)16)6-8(7)11/h5-6,12-13H,3-4,11H2,1-2H3. The van der Waals surface area contributed by atoms with Gasteiger partial charge in [-0.3, -0.25) is 10.1 Å². The van der Waals surface area contributed by atoms with Gasteiger partial charge >= 0.3 is 0 Å². The molecular formula is C10H16N4O2. The Morgan fingerprint density at radius 3 is 2.69 bits per heavy atom. The molecular weight excluding hydrogens is 208 g/mol. The fourth-order valence-electron chi connectivity index (χ4n) is 1.33. The van der Waals surface area contributed by atoms with Crippen molar-refractivity contribution in [2.24, 2.45) is 0 Å². The van der Waals surface area contributed by atoms with E-state index in [1.807, 2.05) is 14.0 Å². The number of nitro groups is 1. The van der Waals surface area contributed by atoms with Gasteiger partial charge in [-0.05, 0) is 25.6 Å². The maximum atomic E-state index is 10.8. The number of nitrogens with one attached hydrogen (secondary N) is 2. The number of aryl methyl sites for hydroxylation is 1. The van der Waals surface area contributed by atoms with Crippen LogP contribution in [0.1, 0.15) is 5.56 Å². The Hall–Kier alpha value is -1.82. The van der Waals surface area contributed by atoms with Gasteiger partial charge in [-0.15, -0.1) is 0 Å². The molecule has 0 saturated heterocycles. The van der Waals surface area contributed by atoms with Crippen molar-refractivity contribution in [3.05, 3.63) is 27.8 Å². The number of nitrogens with two attached hydrogens (primary N) is 1. The van der Waals surface area contributed by atoms with E-state index in [1.165, 1.54) is 6.07 Å². The number of hydrogen-bond acceptors (Lipinski definition) is 5. The first-order valence-electron chi connectivity index (χ1n) is 4.99. The van der Waals surface area contributed by atoms with Gasteiger partial charge in [0.25, 0.3) is 5.69 Å². The third kappa shape index (κ3) is 2.83. The van der Waals surface area contributed by atoms with Crippen LogP contribution in [0.2, 0.25) is 0 Å². The first-order chi connectivity index (χ1) is 7.56. The highest BCUT2D eigenvalue weighted by molar-refractivity contribution is 5.69. The summed E-state index contributed by atoms with van der Waals surface area (Å²) in [6.07, 6.45) is 0. The fourth-order valence-corrected chi connectivity index (χ4v) is 1.33. The molecule has 0 aliphatic rings. The van der Waals surface area contributed by atoms with Crippen LogP contribution in [0.5, 0.6) is 0 Å². The van der Waals surface area contributed by atoms with Crippen LogP contribution in [-0.2, 0) is 0 Å². The van der Waals surface area contributed by atoms with Gasteiger partial charge in [0.2, 0.25) is 0 Å². The van der Waals surface area contributed by atoms with E-state index in [1.54, 1.807) is 6.07 Å². The average Bonchev–Trinajstić information content (AvgIpc) is 2.23. The van der Waals surface area contributed by atoms with E-state index in [0.29, 0.717) is 17.9 Å². The highest BCUT2D eigenvalue weighted by atomic mass is 16.6. The largest absolute Gasteiger partial charge is 0.398 e. The van der Waals surface area contributed by atoms with E-state index in [-0.39, 0.29) is 5.69 Å². The van der Waals surface area contributed by atoms with Crippen molar-refractivity contribution >= 4 is 17.1 Å². The minimum atomic E-state index is -0.433. The smallest absolute Gasteiger partial charge is 0.294 e. The molecule has 0 amide bonds. The second-order valence-corrected chi connectivity index (χ2v) is 3.51. The van der Waals surface area contributed by atoms with Crippen LogP contribution in [0, 0.1) is 17.0 Å². The quantitative estimate of drug-likeness (QED) is 0.301. The predicted octanol–water partition coefficient (Wildman–Crippen LogP) is 1.12. The van der Waals surface area contributed by atoms with Crippen LogP contribution in [0.15, 0.2) is 12.1 Å². The average molecular weight is 224 g/mol. The summed E-state index contributed by atoms with van der Waals surface area (Å²) < 4.78 is 0. The summed E-state index contributed by atoms with van der Waals surface area (Å²) in [7, 11) is 1.82. The Balaban J connectivity index is 2.95. The normalized spacial score (nSPS) is 10.1. The van der Waals surface area contributed by atoms with Crippen LogP contribution in [0.4, 0.5) is 17.1 Å². The molecule has 0 atom stereocenters. The molecule has 0 aromatic heterocycles. The molecule has 0 heterocycles. The third-order valence-corrected chi connectivity index (χ3v) is 2.27. The van der Waals surface area contributed by atoms with Gasteiger partial charge in [-0.2, -0.15) is 0 Å². The Morgan fingerprint density at radius 1 is 1.44 bits per heavy atom. The Bertz CT molecular complexity index is 393. The van der Waals surface area contributed by atoms with E-state index in [4.69, 9.17) is 5.73 Å². The minimum absolute atomic E-state index is 0.0132. The highest BCUT2D eigenvalue weighted by Gasteiger charge is 2.15. The molecule has 1 rings (SSSR count). The second kappa shape index (κ2) is 5.32. The van der Waals surface area contributed by atoms with Gasteiger partial charge in [-0.25, -0.2) is 0 Å². The van der Waals surface area contributed by atoms with Crippen molar-refractivity contribution in [3.8, 4) is 0 Å². The lowest BCUT2D eigenvalue weighted by molar-refractivity contribution is -0.383. The zero-order valence-corrected chi connectivity index (χ0v) is 9.41. The van der Waals surface area contributed by atoms with E-state index in [9.17, 15) is 10.1 Å². The van der Waals surface area contributed by atoms with Crippen LogP contribution in [-0.4, -0.2) is 25.1 Å². The molecule has 6 heteroatoms. The van der Waals surface area contributed by atoms with Crippen molar-refractivity contribution < 1.29 is 4.92 Å².